The lowest BCUT2D eigenvalue weighted by Crippen LogP contribution is -2.24. The molecule has 92 valence electrons. The van der Waals surface area contributed by atoms with E-state index in [9.17, 15) is 0 Å². The van der Waals surface area contributed by atoms with Crippen molar-refractivity contribution in [2.45, 2.75) is 0 Å². The van der Waals surface area contributed by atoms with Gasteiger partial charge in [0.05, 0.1) is 18.8 Å². The van der Waals surface area contributed by atoms with E-state index in [0.29, 0.717) is 0 Å². The minimum atomic E-state index is 0.127. The predicted octanol–water partition coefficient (Wildman–Crippen LogP) is 1.41. The molecular weight excluding hydrogens is 248 g/mol. The summed E-state index contributed by atoms with van der Waals surface area (Å²) in [4.78, 5) is 4.27. The molecule has 0 unspecified atom stereocenters. The summed E-state index contributed by atoms with van der Waals surface area (Å²) in [5, 5.41) is 5.01. The molecule has 6 heteroatoms. The first-order valence-electron chi connectivity index (χ1n) is 5.22. The molecule has 0 radical (unpaired) electrons. The van der Waals surface area contributed by atoms with Gasteiger partial charge in [0.2, 0.25) is 0 Å². The van der Waals surface area contributed by atoms with E-state index in [4.69, 9.17) is 10.5 Å². The number of hydrogen-bond acceptors (Lipinski definition) is 4. The van der Waals surface area contributed by atoms with Crippen LogP contribution < -0.4 is 15.9 Å². The molecule has 2 rings (SSSR count). The summed E-state index contributed by atoms with van der Waals surface area (Å²) in [6, 6.07) is 7.52. The third-order valence-corrected chi connectivity index (χ3v) is 2.45. The number of fused-ring (bicyclic) bond motifs is 1. The Kier molecular flexibility index (Phi) is 3.69. The van der Waals surface area contributed by atoms with Crippen LogP contribution in [-0.4, -0.2) is 23.4 Å². The fourth-order valence-corrected chi connectivity index (χ4v) is 1.60. The number of nitrogens with two attached hydrogens (primary N) is 1. The molecule has 0 spiro atoms. The second-order valence-corrected chi connectivity index (χ2v) is 3.96. The van der Waals surface area contributed by atoms with Gasteiger partial charge in [-0.05, 0) is 36.5 Å². The molecule has 3 N–H and O–H groups in total. The van der Waals surface area contributed by atoms with Crippen LogP contribution in [0.25, 0.3) is 10.9 Å². The van der Waals surface area contributed by atoms with Crippen LogP contribution in [0, 0.1) is 0 Å². The van der Waals surface area contributed by atoms with Gasteiger partial charge in [-0.1, -0.05) is 0 Å². The Morgan fingerprint density at radius 1 is 1.50 bits per heavy atom. The maximum Gasteiger partial charge on any atom is 0.184 e. The fraction of sp³-hybridized carbons (Fsp3) is 0.0833. The molecule has 1 aromatic heterocycles. The van der Waals surface area contributed by atoms with Gasteiger partial charge < -0.3 is 10.5 Å². The highest BCUT2D eigenvalue weighted by molar-refractivity contribution is 7.80. The topological polar surface area (TPSA) is 72.5 Å². The van der Waals surface area contributed by atoms with Crippen molar-refractivity contribution in [1.29, 1.82) is 0 Å². The average Bonchev–Trinajstić information content (AvgIpc) is 2.38. The average molecular weight is 260 g/mol. The van der Waals surface area contributed by atoms with Gasteiger partial charge >= 0.3 is 0 Å². The summed E-state index contributed by atoms with van der Waals surface area (Å²) in [6.07, 6.45) is 3.36. The Bertz CT molecular complexity index is 612. The van der Waals surface area contributed by atoms with Crippen molar-refractivity contribution in [3.05, 3.63) is 36.0 Å². The van der Waals surface area contributed by atoms with Gasteiger partial charge in [0, 0.05) is 17.1 Å². The van der Waals surface area contributed by atoms with Crippen molar-refractivity contribution in [2.24, 2.45) is 10.8 Å². The SMILES string of the molecule is COc1ccc2nccc(/C=N\NC(N)=S)c2c1. The van der Waals surface area contributed by atoms with Crippen molar-refractivity contribution < 1.29 is 4.74 Å². The summed E-state index contributed by atoms with van der Waals surface area (Å²) < 4.78 is 5.19. The highest BCUT2D eigenvalue weighted by Gasteiger charge is 2.01. The summed E-state index contributed by atoms with van der Waals surface area (Å²) >= 11 is 4.67. The normalized spacial score (nSPS) is 10.7. The molecule has 0 aliphatic heterocycles. The number of aromatic nitrogens is 1. The number of benzene rings is 1. The monoisotopic (exact) mass is 260 g/mol. The summed E-state index contributed by atoms with van der Waals surface area (Å²) in [5.74, 6) is 0.771. The minimum absolute atomic E-state index is 0.127. The standard InChI is InChI=1S/C12H12N4OS/c1-17-9-2-3-11-10(6-9)8(4-5-14-11)7-15-16-12(13)18/h2-7H,1H3,(H3,13,16,18)/b15-7-. The maximum atomic E-state index is 5.29. The summed E-state index contributed by atoms with van der Waals surface area (Å²) in [6.45, 7) is 0. The summed E-state index contributed by atoms with van der Waals surface area (Å²) in [7, 11) is 1.62. The Morgan fingerprint density at radius 3 is 3.06 bits per heavy atom. The largest absolute Gasteiger partial charge is 0.497 e. The second-order valence-electron chi connectivity index (χ2n) is 3.52. The van der Waals surface area contributed by atoms with Gasteiger partial charge in [0.1, 0.15) is 5.75 Å². The van der Waals surface area contributed by atoms with Gasteiger partial charge in [-0.3, -0.25) is 10.4 Å². The van der Waals surface area contributed by atoms with E-state index in [0.717, 1.165) is 22.2 Å². The van der Waals surface area contributed by atoms with Crippen molar-refractivity contribution in [3.8, 4) is 5.75 Å². The number of rotatable bonds is 3. The molecule has 0 fully saturated rings. The number of thiocarbonyl (C=S) groups is 1. The number of nitrogens with zero attached hydrogens (tertiary/aromatic N) is 2. The number of hydrazone groups is 1. The Balaban J connectivity index is 2.43. The van der Waals surface area contributed by atoms with Gasteiger partial charge in [-0.2, -0.15) is 5.10 Å². The first-order valence-corrected chi connectivity index (χ1v) is 5.63. The minimum Gasteiger partial charge on any atom is -0.497 e. The zero-order valence-corrected chi connectivity index (χ0v) is 10.6. The highest BCUT2D eigenvalue weighted by atomic mass is 32.1. The van der Waals surface area contributed by atoms with Crippen molar-refractivity contribution >= 4 is 34.4 Å². The van der Waals surface area contributed by atoms with E-state index in [1.54, 1.807) is 19.5 Å². The zero-order valence-electron chi connectivity index (χ0n) is 9.75. The van der Waals surface area contributed by atoms with E-state index in [1.165, 1.54) is 0 Å². The molecule has 0 saturated carbocycles. The molecule has 0 aliphatic carbocycles. The van der Waals surface area contributed by atoms with Crippen LogP contribution >= 0.6 is 12.2 Å². The lowest BCUT2D eigenvalue weighted by molar-refractivity contribution is 0.415. The zero-order chi connectivity index (χ0) is 13.0. The molecule has 1 heterocycles. The van der Waals surface area contributed by atoms with Crippen molar-refractivity contribution in [3.63, 3.8) is 0 Å². The van der Waals surface area contributed by atoms with Crippen molar-refractivity contribution in [1.82, 2.24) is 10.4 Å². The molecule has 1 aromatic carbocycles. The van der Waals surface area contributed by atoms with Gasteiger partial charge in [-0.15, -0.1) is 0 Å². The Morgan fingerprint density at radius 2 is 2.33 bits per heavy atom. The highest BCUT2D eigenvalue weighted by Crippen LogP contribution is 2.21. The van der Waals surface area contributed by atoms with Gasteiger partial charge in [-0.25, -0.2) is 0 Å². The van der Waals surface area contributed by atoms with E-state index < -0.39 is 0 Å². The molecule has 0 bridgehead atoms. The summed E-state index contributed by atoms with van der Waals surface area (Å²) in [5.41, 5.74) is 9.58. The molecule has 0 amide bonds. The van der Waals surface area contributed by atoms with E-state index in [-0.39, 0.29) is 5.11 Å². The number of ether oxygens (including phenoxy) is 1. The van der Waals surface area contributed by atoms with Crippen LogP contribution in [0.5, 0.6) is 5.75 Å². The van der Waals surface area contributed by atoms with Gasteiger partial charge in [0.15, 0.2) is 5.11 Å². The van der Waals surface area contributed by atoms with E-state index >= 15 is 0 Å². The van der Waals surface area contributed by atoms with E-state index in [2.05, 4.69) is 27.7 Å². The molecule has 0 aliphatic rings. The molecule has 0 saturated heterocycles. The molecule has 5 nitrogen and oxygen atoms in total. The third kappa shape index (κ3) is 2.72. The Hall–Kier alpha value is -2.21. The van der Waals surface area contributed by atoms with Crippen LogP contribution in [0.2, 0.25) is 0 Å². The van der Waals surface area contributed by atoms with Crippen LogP contribution in [0.1, 0.15) is 5.56 Å². The van der Waals surface area contributed by atoms with E-state index in [1.807, 2.05) is 24.3 Å². The number of methoxy groups -OCH3 is 1. The van der Waals surface area contributed by atoms with Crippen molar-refractivity contribution in [2.75, 3.05) is 7.11 Å². The molecule has 0 atom stereocenters. The van der Waals surface area contributed by atoms with Gasteiger partial charge in [0.25, 0.3) is 0 Å². The third-order valence-electron chi connectivity index (χ3n) is 2.36. The first kappa shape index (κ1) is 12.3. The van der Waals surface area contributed by atoms with Crippen LogP contribution in [0.15, 0.2) is 35.6 Å². The van der Waals surface area contributed by atoms with Crippen LogP contribution in [0.4, 0.5) is 0 Å². The maximum absolute atomic E-state index is 5.29. The van der Waals surface area contributed by atoms with Crippen LogP contribution in [0.3, 0.4) is 0 Å². The number of pyridine rings is 1. The quantitative estimate of drug-likeness (QED) is 0.496. The lowest BCUT2D eigenvalue weighted by Gasteiger charge is -2.04. The Labute approximate surface area is 110 Å². The molecule has 18 heavy (non-hydrogen) atoms. The molecular formula is C12H12N4OS. The fourth-order valence-electron chi connectivity index (χ4n) is 1.55. The number of nitrogens with one attached hydrogen (secondary N) is 1. The molecule has 2 aromatic rings. The predicted molar refractivity (Wildman–Crippen MR) is 75.8 cm³/mol. The smallest absolute Gasteiger partial charge is 0.184 e. The number of hydrogen-bond donors (Lipinski definition) is 2. The van der Waals surface area contributed by atoms with Crippen LogP contribution in [-0.2, 0) is 0 Å². The first-order chi connectivity index (χ1) is 8.70. The second kappa shape index (κ2) is 5.42. The lowest BCUT2D eigenvalue weighted by atomic mass is 10.1.